The van der Waals surface area contributed by atoms with Gasteiger partial charge in [-0.15, -0.1) is 0 Å². The Morgan fingerprint density at radius 1 is 1.41 bits per heavy atom. The predicted molar refractivity (Wildman–Crippen MR) is 60.5 cm³/mol. The molecule has 17 heavy (non-hydrogen) atoms. The van der Waals surface area contributed by atoms with Gasteiger partial charge in [0, 0.05) is 13.1 Å². The van der Waals surface area contributed by atoms with Gasteiger partial charge in [-0.1, -0.05) is 11.6 Å². The lowest BCUT2D eigenvalue weighted by atomic mass is 10.2. The first-order valence-electron chi connectivity index (χ1n) is 4.66. The SMILES string of the molecule is NCc1cc(S(=O)(=O)NCCF)cc(F)c1Cl. The molecule has 1 rings (SSSR count). The van der Waals surface area contributed by atoms with Gasteiger partial charge in [0.15, 0.2) is 0 Å². The zero-order valence-electron chi connectivity index (χ0n) is 8.71. The molecule has 0 heterocycles. The average molecular weight is 285 g/mol. The molecule has 0 atom stereocenters. The van der Waals surface area contributed by atoms with Crippen LogP contribution in [0.15, 0.2) is 17.0 Å². The first-order valence-corrected chi connectivity index (χ1v) is 6.52. The summed E-state index contributed by atoms with van der Waals surface area (Å²) >= 11 is 5.59. The molecule has 0 aliphatic rings. The van der Waals surface area contributed by atoms with Crippen LogP contribution in [0.4, 0.5) is 8.78 Å². The third-order valence-corrected chi connectivity index (χ3v) is 3.86. The molecule has 0 aromatic heterocycles. The summed E-state index contributed by atoms with van der Waals surface area (Å²) in [4.78, 5) is -0.326. The first-order chi connectivity index (χ1) is 7.92. The largest absolute Gasteiger partial charge is 0.326 e. The van der Waals surface area contributed by atoms with E-state index in [2.05, 4.69) is 0 Å². The molecule has 4 nitrogen and oxygen atoms in total. The van der Waals surface area contributed by atoms with Gasteiger partial charge in [-0.2, -0.15) is 0 Å². The molecule has 0 aliphatic heterocycles. The van der Waals surface area contributed by atoms with Crippen LogP contribution in [-0.2, 0) is 16.6 Å². The zero-order valence-corrected chi connectivity index (χ0v) is 10.3. The molecule has 0 unspecified atom stereocenters. The van der Waals surface area contributed by atoms with Crippen molar-refractivity contribution < 1.29 is 17.2 Å². The molecule has 0 spiro atoms. The average Bonchev–Trinajstić information content (AvgIpc) is 2.29. The number of hydrogen-bond donors (Lipinski definition) is 2. The molecule has 8 heteroatoms. The van der Waals surface area contributed by atoms with Crippen LogP contribution in [0.1, 0.15) is 5.56 Å². The lowest BCUT2D eigenvalue weighted by Gasteiger charge is -2.08. The number of hydrogen-bond acceptors (Lipinski definition) is 3. The van der Waals surface area contributed by atoms with E-state index < -0.39 is 22.5 Å². The molecule has 0 amide bonds. The van der Waals surface area contributed by atoms with Gasteiger partial charge in [0.25, 0.3) is 0 Å². The van der Waals surface area contributed by atoms with Gasteiger partial charge in [0.2, 0.25) is 10.0 Å². The van der Waals surface area contributed by atoms with Crippen molar-refractivity contribution in [1.82, 2.24) is 4.72 Å². The number of benzene rings is 1. The molecular weight excluding hydrogens is 274 g/mol. The molecule has 96 valence electrons. The highest BCUT2D eigenvalue weighted by atomic mass is 35.5. The van der Waals surface area contributed by atoms with E-state index in [1.807, 2.05) is 4.72 Å². The van der Waals surface area contributed by atoms with Crippen LogP contribution in [-0.4, -0.2) is 21.6 Å². The second kappa shape index (κ2) is 5.72. The minimum atomic E-state index is -3.94. The topological polar surface area (TPSA) is 72.2 Å². The van der Waals surface area contributed by atoms with E-state index in [1.165, 1.54) is 0 Å². The summed E-state index contributed by atoms with van der Waals surface area (Å²) in [5.74, 6) is -0.879. The van der Waals surface area contributed by atoms with Crippen LogP contribution in [0.25, 0.3) is 0 Å². The van der Waals surface area contributed by atoms with E-state index in [1.54, 1.807) is 0 Å². The Balaban J connectivity index is 3.19. The predicted octanol–water partition coefficient (Wildman–Crippen LogP) is 1.19. The van der Waals surface area contributed by atoms with Gasteiger partial charge in [0.05, 0.1) is 9.92 Å². The van der Waals surface area contributed by atoms with Gasteiger partial charge in [0.1, 0.15) is 12.5 Å². The van der Waals surface area contributed by atoms with Gasteiger partial charge in [-0.3, -0.25) is 0 Å². The summed E-state index contributed by atoms with van der Waals surface area (Å²) in [6.07, 6.45) is 0. The van der Waals surface area contributed by atoms with Gasteiger partial charge < -0.3 is 5.73 Å². The smallest absolute Gasteiger partial charge is 0.240 e. The molecular formula is C9H11ClF2N2O2S. The Hall–Kier alpha value is -0.760. The Kier molecular flexibility index (Phi) is 4.81. The molecule has 0 aliphatic carbocycles. The number of rotatable bonds is 5. The van der Waals surface area contributed by atoms with Crippen LogP contribution >= 0.6 is 11.6 Å². The summed E-state index contributed by atoms with van der Waals surface area (Å²) in [5, 5.41) is -0.211. The molecule has 0 radical (unpaired) electrons. The maximum Gasteiger partial charge on any atom is 0.240 e. The first kappa shape index (κ1) is 14.3. The number of halogens is 3. The van der Waals surface area contributed by atoms with E-state index >= 15 is 0 Å². The molecule has 0 fully saturated rings. The number of sulfonamides is 1. The van der Waals surface area contributed by atoms with Crippen molar-refractivity contribution in [2.24, 2.45) is 5.73 Å². The highest BCUT2D eigenvalue weighted by molar-refractivity contribution is 7.89. The Labute approximate surface area is 103 Å². The second-order valence-electron chi connectivity index (χ2n) is 3.17. The Morgan fingerprint density at radius 3 is 2.59 bits per heavy atom. The van der Waals surface area contributed by atoms with Crippen LogP contribution in [0.2, 0.25) is 5.02 Å². The van der Waals surface area contributed by atoms with Crippen LogP contribution in [0.5, 0.6) is 0 Å². The summed E-state index contributed by atoms with van der Waals surface area (Å²) in [7, 11) is -3.94. The van der Waals surface area contributed by atoms with Crippen LogP contribution in [0.3, 0.4) is 0 Å². The summed E-state index contributed by atoms with van der Waals surface area (Å²) < 4.78 is 50.4. The normalized spacial score (nSPS) is 11.8. The second-order valence-corrected chi connectivity index (χ2v) is 5.31. The van der Waals surface area contributed by atoms with Crippen molar-refractivity contribution in [3.8, 4) is 0 Å². The van der Waals surface area contributed by atoms with E-state index in [9.17, 15) is 17.2 Å². The molecule has 0 saturated heterocycles. The number of nitrogens with one attached hydrogen (secondary N) is 1. The Morgan fingerprint density at radius 2 is 2.06 bits per heavy atom. The minimum absolute atomic E-state index is 0.0950. The van der Waals surface area contributed by atoms with Crippen LogP contribution in [0, 0.1) is 5.82 Å². The minimum Gasteiger partial charge on any atom is -0.326 e. The number of nitrogens with two attached hydrogens (primary N) is 1. The maximum atomic E-state index is 13.3. The van der Waals surface area contributed by atoms with Crippen molar-refractivity contribution in [2.45, 2.75) is 11.4 Å². The lowest BCUT2D eigenvalue weighted by molar-refractivity contribution is 0.486. The van der Waals surface area contributed by atoms with Crippen molar-refractivity contribution in [2.75, 3.05) is 13.2 Å². The highest BCUT2D eigenvalue weighted by Gasteiger charge is 2.18. The van der Waals surface area contributed by atoms with Gasteiger partial charge in [-0.25, -0.2) is 21.9 Å². The van der Waals surface area contributed by atoms with Gasteiger partial charge >= 0.3 is 0 Å². The third-order valence-electron chi connectivity index (χ3n) is 1.99. The Bertz CT molecular complexity index is 508. The zero-order chi connectivity index (χ0) is 13.1. The van der Waals surface area contributed by atoms with Crippen LogP contribution < -0.4 is 10.5 Å². The maximum absolute atomic E-state index is 13.3. The van der Waals surface area contributed by atoms with E-state index in [0.717, 1.165) is 12.1 Å². The lowest BCUT2D eigenvalue weighted by Crippen LogP contribution is -2.26. The van der Waals surface area contributed by atoms with Crippen molar-refractivity contribution in [3.63, 3.8) is 0 Å². The van der Waals surface area contributed by atoms with Crippen molar-refractivity contribution in [3.05, 3.63) is 28.5 Å². The molecule has 0 bridgehead atoms. The fourth-order valence-corrected chi connectivity index (χ4v) is 2.43. The van der Waals surface area contributed by atoms with Crippen molar-refractivity contribution >= 4 is 21.6 Å². The third kappa shape index (κ3) is 3.35. The highest BCUT2D eigenvalue weighted by Crippen LogP contribution is 2.23. The summed E-state index contributed by atoms with van der Waals surface area (Å²) in [6, 6.07) is 1.92. The molecule has 0 saturated carbocycles. The van der Waals surface area contributed by atoms with E-state index in [0.29, 0.717) is 0 Å². The molecule has 1 aromatic rings. The van der Waals surface area contributed by atoms with Gasteiger partial charge in [-0.05, 0) is 17.7 Å². The monoisotopic (exact) mass is 284 g/mol. The molecule has 3 N–H and O–H groups in total. The fourth-order valence-electron chi connectivity index (χ4n) is 1.18. The van der Waals surface area contributed by atoms with Crippen molar-refractivity contribution in [1.29, 1.82) is 0 Å². The van der Waals surface area contributed by atoms with E-state index in [4.69, 9.17) is 17.3 Å². The van der Waals surface area contributed by atoms with E-state index in [-0.39, 0.29) is 28.6 Å². The summed E-state index contributed by atoms with van der Waals surface area (Å²) in [6.45, 7) is -1.31. The number of alkyl halides is 1. The summed E-state index contributed by atoms with van der Waals surface area (Å²) in [5.41, 5.74) is 5.48. The standard InChI is InChI=1S/C9H11ClF2N2O2S/c10-9-6(5-13)3-7(4-8(9)12)17(15,16)14-2-1-11/h3-4,14H,1-2,5,13H2. The quantitative estimate of drug-likeness (QED) is 0.853. The molecule has 1 aromatic carbocycles. The fraction of sp³-hybridized carbons (Fsp3) is 0.333.